The molecule has 0 aliphatic rings. The van der Waals surface area contributed by atoms with Crippen molar-refractivity contribution in [1.29, 1.82) is 0 Å². The lowest BCUT2D eigenvalue weighted by Crippen LogP contribution is -2.36. The predicted octanol–water partition coefficient (Wildman–Crippen LogP) is 3.58. The summed E-state index contributed by atoms with van der Waals surface area (Å²) in [5, 5.41) is 5.57. The van der Waals surface area contributed by atoms with Crippen LogP contribution in [0.5, 0.6) is 5.75 Å². The van der Waals surface area contributed by atoms with E-state index < -0.39 is 24.3 Å². The molecule has 146 valence electrons. The minimum atomic E-state index is -2.87. The summed E-state index contributed by atoms with van der Waals surface area (Å²) in [5.41, 5.74) is 1.13. The SMILES string of the molecule is C[C@H](NCC(=O)NCCc1ccc(OC(F)F)cc1)c1ccc(F)cc1F. The highest BCUT2D eigenvalue weighted by molar-refractivity contribution is 5.78. The number of amides is 1. The molecule has 2 N–H and O–H groups in total. The lowest BCUT2D eigenvalue weighted by Gasteiger charge is -2.15. The number of rotatable bonds is 9. The molecule has 8 heteroatoms. The predicted molar refractivity (Wildman–Crippen MR) is 92.6 cm³/mol. The minimum absolute atomic E-state index is 0.0286. The fourth-order valence-electron chi connectivity index (χ4n) is 2.45. The molecule has 0 bridgehead atoms. The van der Waals surface area contributed by atoms with Crippen molar-refractivity contribution in [2.75, 3.05) is 13.1 Å². The Morgan fingerprint density at radius 1 is 1.11 bits per heavy atom. The third-order valence-corrected chi connectivity index (χ3v) is 3.88. The van der Waals surface area contributed by atoms with Gasteiger partial charge in [-0.15, -0.1) is 0 Å². The molecule has 27 heavy (non-hydrogen) atoms. The number of hydrogen-bond donors (Lipinski definition) is 2. The molecule has 0 spiro atoms. The maximum Gasteiger partial charge on any atom is 0.387 e. The van der Waals surface area contributed by atoms with E-state index in [0.717, 1.165) is 17.7 Å². The van der Waals surface area contributed by atoms with Crippen LogP contribution < -0.4 is 15.4 Å². The number of hydrogen-bond acceptors (Lipinski definition) is 3. The van der Waals surface area contributed by atoms with Crippen LogP contribution >= 0.6 is 0 Å². The average molecular weight is 384 g/mol. The molecule has 2 aromatic carbocycles. The van der Waals surface area contributed by atoms with Gasteiger partial charge in [0, 0.05) is 24.2 Å². The number of carbonyl (C=O) groups is 1. The lowest BCUT2D eigenvalue weighted by atomic mass is 10.1. The van der Waals surface area contributed by atoms with E-state index in [2.05, 4.69) is 15.4 Å². The Bertz CT molecular complexity index is 754. The van der Waals surface area contributed by atoms with Gasteiger partial charge in [-0.1, -0.05) is 18.2 Å². The number of nitrogens with one attached hydrogen (secondary N) is 2. The van der Waals surface area contributed by atoms with E-state index in [1.807, 2.05) is 0 Å². The molecule has 2 aromatic rings. The standard InChI is InChI=1S/C19H20F4N2O2/c1-12(16-7-4-14(20)10-17(16)21)25-11-18(26)24-9-8-13-2-5-15(6-3-13)27-19(22)23/h2-7,10,12,19,25H,8-9,11H2,1H3,(H,24,26)/t12-/m0/s1. The Hall–Kier alpha value is -2.61. The summed E-state index contributed by atoms with van der Waals surface area (Å²) in [7, 11) is 0. The monoisotopic (exact) mass is 384 g/mol. The van der Waals surface area contributed by atoms with E-state index in [1.165, 1.54) is 18.2 Å². The number of benzene rings is 2. The van der Waals surface area contributed by atoms with Crippen molar-refractivity contribution in [3.63, 3.8) is 0 Å². The second-order valence-corrected chi connectivity index (χ2v) is 5.89. The van der Waals surface area contributed by atoms with Crippen molar-refractivity contribution in [1.82, 2.24) is 10.6 Å². The third-order valence-electron chi connectivity index (χ3n) is 3.88. The van der Waals surface area contributed by atoms with E-state index in [4.69, 9.17) is 0 Å². The van der Waals surface area contributed by atoms with Gasteiger partial charge in [0.25, 0.3) is 0 Å². The van der Waals surface area contributed by atoms with Crippen LogP contribution in [0.15, 0.2) is 42.5 Å². The van der Waals surface area contributed by atoms with Crippen molar-refractivity contribution in [3.8, 4) is 5.75 Å². The molecule has 0 heterocycles. The van der Waals surface area contributed by atoms with Gasteiger partial charge >= 0.3 is 6.61 Å². The molecule has 0 unspecified atom stereocenters. The maximum atomic E-state index is 13.7. The van der Waals surface area contributed by atoms with E-state index in [0.29, 0.717) is 13.0 Å². The smallest absolute Gasteiger partial charge is 0.387 e. The normalized spacial score (nSPS) is 12.1. The minimum Gasteiger partial charge on any atom is -0.435 e. The molecular weight excluding hydrogens is 364 g/mol. The van der Waals surface area contributed by atoms with Gasteiger partial charge in [-0.25, -0.2) is 8.78 Å². The van der Waals surface area contributed by atoms with Crippen LogP contribution in [0.2, 0.25) is 0 Å². The van der Waals surface area contributed by atoms with Gasteiger partial charge < -0.3 is 15.4 Å². The molecule has 0 aliphatic carbocycles. The van der Waals surface area contributed by atoms with Crippen molar-refractivity contribution < 1.29 is 27.1 Å². The number of carbonyl (C=O) groups excluding carboxylic acids is 1. The van der Waals surface area contributed by atoms with Crippen LogP contribution in [0.1, 0.15) is 24.1 Å². The number of halogens is 4. The van der Waals surface area contributed by atoms with E-state index in [1.54, 1.807) is 19.1 Å². The molecule has 1 amide bonds. The van der Waals surface area contributed by atoms with Gasteiger partial charge in [0.1, 0.15) is 17.4 Å². The van der Waals surface area contributed by atoms with Gasteiger partial charge in [0.05, 0.1) is 6.54 Å². The fourth-order valence-corrected chi connectivity index (χ4v) is 2.45. The van der Waals surface area contributed by atoms with Gasteiger partial charge in [0.15, 0.2) is 0 Å². The molecular formula is C19H20F4N2O2. The van der Waals surface area contributed by atoms with E-state index >= 15 is 0 Å². The summed E-state index contributed by atoms with van der Waals surface area (Å²) in [6.45, 7) is -0.867. The zero-order valence-corrected chi connectivity index (χ0v) is 14.6. The fraction of sp³-hybridized carbons (Fsp3) is 0.316. The Morgan fingerprint density at radius 3 is 2.44 bits per heavy atom. The third kappa shape index (κ3) is 6.90. The zero-order chi connectivity index (χ0) is 19.8. The quantitative estimate of drug-likeness (QED) is 0.650. The first-order valence-electron chi connectivity index (χ1n) is 8.34. The van der Waals surface area contributed by atoms with Crippen LogP contribution in [0.3, 0.4) is 0 Å². The molecule has 0 aromatic heterocycles. The van der Waals surface area contributed by atoms with Crippen molar-refractivity contribution in [2.24, 2.45) is 0 Å². The molecule has 2 rings (SSSR count). The Labute approximate surface area is 154 Å². The van der Waals surface area contributed by atoms with Gasteiger partial charge in [0.2, 0.25) is 5.91 Å². The second kappa shape index (κ2) is 9.91. The summed E-state index contributed by atoms with van der Waals surface area (Å²) >= 11 is 0. The van der Waals surface area contributed by atoms with Gasteiger partial charge in [-0.2, -0.15) is 8.78 Å². The van der Waals surface area contributed by atoms with Gasteiger partial charge in [-0.3, -0.25) is 4.79 Å². The zero-order valence-electron chi connectivity index (χ0n) is 14.6. The first-order valence-corrected chi connectivity index (χ1v) is 8.34. The van der Waals surface area contributed by atoms with Crippen LogP contribution in [0.4, 0.5) is 17.6 Å². The largest absolute Gasteiger partial charge is 0.435 e. The summed E-state index contributed by atoms with van der Waals surface area (Å²) < 4.78 is 55.0. The Balaban J connectivity index is 1.71. The Morgan fingerprint density at radius 2 is 1.81 bits per heavy atom. The summed E-state index contributed by atoms with van der Waals surface area (Å²) in [4.78, 5) is 11.9. The average Bonchev–Trinajstić information content (AvgIpc) is 2.61. The molecule has 0 saturated heterocycles. The van der Waals surface area contributed by atoms with Crippen LogP contribution in [0, 0.1) is 11.6 Å². The summed E-state index contributed by atoms with van der Waals surface area (Å²) in [6.07, 6.45) is 0.517. The topological polar surface area (TPSA) is 50.4 Å². The molecule has 1 atom stereocenters. The molecule has 0 aliphatic heterocycles. The summed E-state index contributed by atoms with van der Waals surface area (Å²) in [5.74, 6) is -1.53. The van der Waals surface area contributed by atoms with Crippen molar-refractivity contribution >= 4 is 5.91 Å². The molecule has 0 saturated carbocycles. The molecule has 0 fully saturated rings. The summed E-state index contributed by atoms with van der Waals surface area (Å²) in [6, 6.07) is 8.98. The van der Waals surface area contributed by atoms with Crippen molar-refractivity contribution in [3.05, 3.63) is 65.2 Å². The molecule has 4 nitrogen and oxygen atoms in total. The first kappa shape index (κ1) is 20.7. The maximum absolute atomic E-state index is 13.7. The highest BCUT2D eigenvalue weighted by atomic mass is 19.3. The van der Waals surface area contributed by atoms with Crippen LogP contribution in [-0.2, 0) is 11.2 Å². The van der Waals surface area contributed by atoms with Crippen LogP contribution in [-0.4, -0.2) is 25.6 Å². The highest BCUT2D eigenvalue weighted by Crippen LogP contribution is 2.17. The molecule has 0 radical (unpaired) electrons. The van der Waals surface area contributed by atoms with E-state index in [9.17, 15) is 22.4 Å². The second-order valence-electron chi connectivity index (χ2n) is 5.89. The number of ether oxygens (including phenoxy) is 1. The van der Waals surface area contributed by atoms with Crippen molar-refractivity contribution in [2.45, 2.75) is 26.0 Å². The lowest BCUT2D eigenvalue weighted by molar-refractivity contribution is -0.120. The number of alkyl halides is 2. The van der Waals surface area contributed by atoms with Gasteiger partial charge in [-0.05, 0) is 37.1 Å². The Kier molecular flexibility index (Phi) is 7.60. The first-order chi connectivity index (χ1) is 12.8. The highest BCUT2D eigenvalue weighted by Gasteiger charge is 2.12. The van der Waals surface area contributed by atoms with E-state index in [-0.39, 0.29) is 23.8 Å². The van der Waals surface area contributed by atoms with Crippen LogP contribution in [0.25, 0.3) is 0 Å².